The van der Waals surface area contributed by atoms with E-state index in [0.29, 0.717) is 6.10 Å². The van der Waals surface area contributed by atoms with E-state index in [-0.39, 0.29) is 0 Å². The van der Waals surface area contributed by atoms with E-state index in [9.17, 15) is 0 Å². The highest BCUT2D eigenvalue weighted by atomic mass is 16.5. The molecule has 0 amide bonds. The van der Waals surface area contributed by atoms with Crippen molar-refractivity contribution in [1.82, 2.24) is 4.90 Å². The van der Waals surface area contributed by atoms with Crippen LogP contribution in [0.3, 0.4) is 0 Å². The predicted molar refractivity (Wildman–Crippen MR) is 65.2 cm³/mol. The lowest BCUT2D eigenvalue weighted by molar-refractivity contribution is 0.208. The quantitative estimate of drug-likeness (QED) is 0.818. The number of anilines is 1. The fourth-order valence-electron chi connectivity index (χ4n) is 2.53. The Morgan fingerprint density at radius 2 is 2.38 bits per heavy atom. The van der Waals surface area contributed by atoms with Gasteiger partial charge in [-0.25, -0.2) is 0 Å². The Morgan fingerprint density at radius 1 is 1.44 bits per heavy atom. The molecule has 0 bridgehead atoms. The van der Waals surface area contributed by atoms with Gasteiger partial charge in [0.1, 0.15) is 11.9 Å². The van der Waals surface area contributed by atoms with Crippen LogP contribution >= 0.6 is 0 Å². The van der Waals surface area contributed by atoms with Crippen molar-refractivity contribution < 1.29 is 4.74 Å². The number of fused-ring (bicyclic) bond motifs is 1. The molecule has 3 rings (SSSR count). The first-order chi connectivity index (χ1) is 7.81. The molecule has 0 saturated carbocycles. The molecule has 1 aromatic carbocycles. The molecule has 3 nitrogen and oxygen atoms in total. The molecule has 0 spiro atoms. The van der Waals surface area contributed by atoms with Crippen molar-refractivity contribution in [2.45, 2.75) is 18.9 Å². The molecular weight excluding hydrogens is 200 g/mol. The summed E-state index contributed by atoms with van der Waals surface area (Å²) in [5, 5.41) is 3.38. The van der Waals surface area contributed by atoms with Gasteiger partial charge in [-0.05, 0) is 31.5 Å². The highest BCUT2D eigenvalue weighted by molar-refractivity contribution is 5.58. The number of hydrogen-bond donors (Lipinski definition) is 1. The Kier molecular flexibility index (Phi) is 2.48. The molecule has 16 heavy (non-hydrogen) atoms. The standard InChI is InChI=1S/C13H18N2O/c1-15-7-5-12(9-15)16-11-3-2-10-4-6-14-13(10)8-11/h2-3,8,12,14H,4-7,9H2,1H3. The molecule has 1 fully saturated rings. The van der Waals surface area contributed by atoms with Gasteiger partial charge in [0.25, 0.3) is 0 Å². The summed E-state index contributed by atoms with van der Waals surface area (Å²) < 4.78 is 5.99. The molecule has 0 aliphatic carbocycles. The van der Waals surface area contributed by atoms with Gasteiger partial charge in [-0.15, -0.1) is 0 Å². The second kappa shape index (κ2) is 3.98. The van der Waals surface area contributed by atoms with Crippen molar-refractivity contribution in [1.29, 1.82) is 0 Å². The van der Waals surface area contributed by atoms with Crippen LogP contribution in [0.1, 0.15) is 12.0 Å². The summed E-state index contributed by atoms with van der Waals surface area (Å²) in [4.78, 5) is 2.32. The molecule has 1 atom stereocenters. The molecule has 1 N–H and O–H groups in total. The predicted octanol–water partition coefficient (Wildman–Crippen LogP) is 1.74. The molecular formula is C13H18N2O. The van der Waals surface area contributed by atoms with Gasteiger partial charge in [0.05, 0.1) is 0 Å². The number of likely N-dealkylation sites (N-methyl/N-ethyl adjacent to an activating group) is 1. The van der Waals surface area contributed by atoms with Crippen molar-refractivity contribution >= 4 is 5.69 Å². The topological polar surface area (TPSA) is 24.5 Å². The van der Waals surface area contributed by atoms with Crippen molar-refractivity contribution in [2.24, 2.45) is 0 Å². The number of nitrogens with one attached hydrogen (secondary N) is 1. The molecule has 0 radical (unpaired) electrons. The van der Waals surface area contributed by atoms with Crippen LogP contribution in [0.15, 0.2) is 18.2 Å². The second-order valence-corrected chi connectivity index (χ2v) is 4.79. The van der Waals surface area contributed by atoms with Crippen LogP contribution in [0.5, 0.6) is 5.75 Å². The normalized spacial score (nSPS) is 24.2. The summed E-state index contributed by atoms with van der Waals surface area (Å²) >= 11 is 0. The molecule has 1 saturated heterocycles. The third-order valence-electron chi connectivity index (χ3n) is 3.44. The van der Waals surface area contributed by atoms with Crippen molar-refractivity contribution in [2.75, 3.05) is 32.0 Å². The lowest BCUT2D eigenvalue weighted by Crippen LogP contribution is -2.21. The van der Waals surface area contributed by atoms with Crippen LogP contribution in [0.4, 0.5) is 5.69 Å². The van der Waals surface area contributed by atoms with Gasteiger partial charge in [-0.1, -0.05) is 6.07 Å². The molecule has 2 heterocycles. The van der Waals surface area contributed by atoms with Crippen LogP contribution in [0, 0.1) is 0 Å². The Bertz CT molecular complexity index is 392. The zero-order valence-electron chi connectivity index (χ0n) is 9.70. The van der Waals surface area contributed by atoms with Gasteiger partial charge in [-0.3, -0.25) is 0 Å². The van der Waals surface area contributed by atoms with E-state index in [1.807, 2.05) is 0 Å². The minimum Gasteiger partial charge on any atom is -0.489 e. The van der Waals surface area contributed by atoms with Gasteiger partial charge in [0.15, 0.2) is 0 Å². The SMILES string of the molecule is CN1CCC(Oc2ccc3c(c2)NCC3)C1. The van der Waals surface area contributed by atoms with Gasteiger partial charge < -0.3 is 15.0 Å². The Morgan fingerprint density at radius 3 is 3.19 bits per heavy atom. The van der Waals surface area contributed by atoms with E-state index in [0.717, 1.165) is 38.2 Å². The zero-order valence-corrected chi connectivity index (χ0v) is 9.70. The van der Waals surface area contributed by atoms with Crippen molar-refractivity contribution in [3.8, 4) is 5.75 Å². The first-order valence-electron chi connectivity index (χ1n) is 6.03. The number of likely N-dealkylation sites (tertiary alicyclic amines) is 1. The van der Waals surface area contributed by atoms with Crippen LogP contribution in [0.2, 0.25) is 0 Å². The third kappa shape index (κ3) is 1.87. The van der Waals surface area contributed by atoms with E-state index in [1.165, 1.54) is 11.3 Å². The lowest BCUT2D eigenvalue weighted by atomic mass is 10.1. The fraction of sp³-hybridized carbons (Fsp3) is 0.538. The Balaban J connectivity index is 1.71. The summed E-state index contributed by atoms with van der Waals surface area (Å²) in [5.74, 6) is 1.01. The minimum absolute atomic E-state index is 0.365. The average Bonchev–Trinajstić information content (AvgIpc) is 2.87. The number of benzene rings is 1. The van der Waals surface area contributed by atoms with Crippen LogP contribution in [-0.2, 0) is 6.42 Å². The van der Waals surface area contributed by atoms with E-state index in [1.54, 1.807) is 0 Å². The van der Waals surface area contributed by atoms with Gasteiger partial charge in [0.2, 0.25) is 0 Å². The van der Waals surface area contributed by atoms with E-state index < -0.39 is 0 Å². The lowest BCUT2D eigenvalue weighted by Gasteiger charge is -2.14. The molecule has 1 unspecified atom stereocenters. The van der Waals surface area contributed by atoms with Crippen molar-refractivity contribution in [3.63, 3.8) is 0 Å². The number of nitrogens with zero attached hydrogens (tertiary/aromatic N) is 1. The van der Waals surface area contributed by atoms with Crippen molar-refractivity contribution in [3.05, 3.63) is 23.8 Å². The highest BCUT2D eigenvalue weighted by Crippen LogP contribution is 2.28. The summed E-state index contributed by atoms with van der Waals surface area (Å²) in [6.45, 7) is 3.25. The maximum atomic E-state index is 5.99. The largest absolute Gasteiger partial charge is 0.489 e. The summed E-state index contributed by atoms with van der Waals surface area (Å²) in [6.07, 6.45) is 2.65. The second-order valence-electron chi connectivity index (χ2n) is 4.79. The molecule has 3 heteroatoms. The zero-order chi connectivity index (χ0) is 11.0. The maximum absolute atomic E-state index is 5.99. The average molecular weight is 218 g/mol. The van der Waals surface area contributed by atoms with E-state index >= 15 is 0 Å². The summed E-state index contributed by atoms with van der Waals surface area (Å²) in [5.41, 5.74) is 2.67. The first-order valence-corrected chi connectivity index (χ1v) is 6.03. The third-order valence-corrected chi connectivity index (χ3v) is 3.44. The molecule has 86 valence electrons. The van der Waals surface area contributed by atoms with E-state index in [2.05, 4.69) is 35.5 Å². The Labute approximate surface area is 96.4 Å². The number of hydrogen-bond acceptors (Lipinski definition) is 3. The van der Waals surface area contributed by atoms with Crippen LogP contribution in [0.25, 0.3) is 0 Å². The van der Waals surface area contributed by atoms with Gasteiger partial charge in [-0.2, -0.15) is 0 Å². The number of ether oxygens (including phenoxy) is 1. The van der Waals surface area contributed by atoms with Gasteiger partial charge in [0, 0.05) is 31.4 Å². The van der Waals surface area contributed by atoms with Crippen LogP contribution < -0.4 is 10.1 Å². The molecule has 0 aromatic heterocycles. The highest BCUT2D eigenvalue weighted by Gasteiger charge is 2.21. The Hall–Kier alpha value is -1.22. The molecule has 2 aliphatic rings. The smallest absolute Gasteiger partial charge is 0.121 e. The summed E-state index contributed by atoms with van der Waals surface area (Å²) in [6, 6.07) is 6.42. The first kappa shape index (κ1) is 9.97. The van der Waals surface area contributed by atoms with Gasteiger partial charge >= 0.3 is 0 Å². The maximum Gasteiger partial charge on any atom is 0.121 e. The fourth-order valence-corrected chi connectivity index (χ4v) is 2.53. The molecule has 1 aromatic rings. The van der Waals surface area contributed by atoms with Crippen LogP contribution in [-0.4, -0.2) is 37.7 Å². The van der Waals surface area contributed by atoms with E-state index in [4.69, 9.17) is 4.74 Å². The monoisotopic (exact) mass is 218 g/mol. The number of rotatable bonds is 2. The summed E-state index contributed by atoms with van der Waals surface area (Å²) in [7, 11) is 2.15. The minimum atomic E-state index is 0.365. The molecule has 2 aliphatic heterocycles.